The van der Waals surface area contributed by atoms with Gasteiger partial charge in [-0.25, -0.2) is 0 Å². The largest absolute Gasteiger partial charge is 0.380 e. The van der Waals surface area contributed by atoms with Gasteiger partial charge in [0.05, 0.1) is 18.8 Å². The molecule has 1 saturated heterocycles. The molecular formula is C21H30N4O2. The van der Waals surface area contributed by atoms with Gasteiger partial charge in [-0.1, -0.05) is 17.7 Å². The standard InChI is InChI=1S/C21H30N4O2/c1-5-27-13-12-25-20(14-17(3)22-25)21(26)24-11-10-23(15-18(24)4)19-8-6-16(2)7-9-19/h6-9,14,18H,5,10-13,15H2,1-4H3/t18-/m0/s1. The maximum atomic E-state index is 13.2. The van der Waals surface area contributed by atoms with Crippen LogP contribution >= 0.6 is 0 Å². The van der Waals surface area contributed by atoms with E-state index in [1.807, 2.05) is 24.8 Å². The lowest BCUT2D eigenvalue weighted by molar-refractivity contribution is 0.0656. The van der Waals surface area contributed by atoms with E-state index in [4.69, 9.17) is 4.74 Å². The van der Waals surface area contributed by atoms with Crippen molar-refractivity contribution in [2.45, 2.75) is 40.3 Å². The molecule has 3 rings (SSSR count). The number of benzene rings is 1. The summed E-state index contributed by atoms with van der Waals surface area (Å²) in [7, 11) is 0. The summed E-state index contributed by atoms with van der Waals surface area (Å²) < 4.78 is 7.21. The molecule has 1 aromatic carbocycles. The number of carbonyl (C=O) groups is 1. The van der Waals surface area contributed by atoms with Crippen LogP contribution in [0.25, 0.3) is 0 Å². The third-order valence-electron chi connectivity index (χ3n) is 5.06. The zero-order valence-corrected chi connectivity index (χ0v) is 16.8. The van der Waals surface area contributed by atoms with Gasteiger partial charge in [0.2, 0.25) is 0 Å². The second-order valence-electron chi connectivity index (χ2n) is 7.22. The van der Waals surface area contributed by atoms with Gasteiger partial charge in [0.15, 0.2) is 0 Å². The first-order chi connectivity index (χ1) is 13.0. The summed E-state index contributed by atoms with van der Waals surface area (Å²) in [5.41, 5.74) is 4.00. The van der Waals surface area contributed by atoms with Crippen LogP contribution in [-0.4, -0.2) is 59.5 Å². The van der Waals surface area contributed by atoms with Crippen molar-refractivity contribution in [2.24, 2.45) is 0 Å². The van der Waals surface area contributed by atoms with Gasteiger partial charge >= 0.3 is 0 Å². The van der Waals surface area contributed by atoms with E-state index in [2.05, 4.69) is 48.1 Å². The second kappa shape index (κ2) is 8.57. The smallest absolute Gasteiger partial charge is 0.272 e. The highest BCUT2D eigenvalue weighted by Gasteiger charge is 2.30. The Morgan fingerprint density at radius 2 is 1.96 bits per heavy atom. The molecule has 0 spiro atoms. The molecule has 0 unspecified atom stereocenters. The number of amides is 1. The van der Waals surface area contributed by atoms with E-state index in [1.54, 1.807) is 4.68 Å². The number of hydrogen-bond donors (Lipinski definition) is 0. The lowest BCUT2D eigenvalue weighted by Crippen LogP contribution is -2.54. The maximum Gasteiger partial charge on any atom is 0.272 e. The fourth-order valence-electron chi connectivity index (χ4n) is 3.58. The Bertz CT molecular complexity index is 769. The van der Waals surface area contributed by atoms with Crippen molar-refractivity contribution >= 4 is 11.6 Å². The molecule has 0 radical (unpaired) electrons. The predicted molar refractivity (Wildman–Crippen MR) is 107 cm³/mol. The minimum atomic E-state index is 0.0585. The summed E-state index contributed by atoms with van der Waals surface area (Å²) in [6.45, 7) is 12.3. The molecule has 1 fully saturated rings. The molecule has 1 aliphatic heterocycles. The van der Waals surface area contributed by atoms with E-state index >= 15 is 0 Å². The first kappa shape index (κ1) is 19.4. The Kier molecular flexibility index (Phi) is 6.16. The van der Waals surface area contributed by atoms with Crippen LogP contribution in [0.3, 0.4) is 0 Å². The summed E-state index contributed by atoms with van der Waals surface area (Å²) >= 11 is 0. The lowest BCUT2D eigenvalue weighted by Gasteiger charge is -2.41. The Hall–Kier alpha value is -2.34. The number of aryl methyl sites for hydroxylation is 2. The van der Waals surface area contributed by atoms with Crippen LogP contribution in [0.15, 0.2) is 30.3 Å². The maximum absolute atomic E-state index is 13.2. The van der Waals surface area contributed by atoms with E-state index in [9.17, 15) is 4.79 Å². The molecule has 1 atom stereocenters. The second-order valence-corrected chi connectivity index (χ2v) is 7.22. The van der Waals surface area contributed by atoms with Crippen molar-refractivity contribution in [1.82, 2.24) is 14.7 Å². The first-order valence-corrected chi connectivity index (χ1v) is 9.74. The third-order valence-corrected chi connectivity index (χ3v) is 5.06. The van der Waals surface area contributed by atoms with E-state index in [-0.39, 0.29) is 11.9 Å². The van der Waals surface area contributed by atoms with Crippen molar-refractivity contribution in [2.75, 3.05) is 37.7 Å². The summed E-state index contributed by atoms with van der Waals surface area (Å²) in [5.74, 6) is 0.0585. The van der Waals surface area contributed by atoms with Gasteiger partial charge in [0.25, 0.3) is 5.91 Å². The van der Waals surface area contributed by atoms with Crippen LogP contribution in [0.1, 0.15) is 35.6 Å². The van der Waals surface area contributed by atoms with Crippen molar-refractivity contribution in [1.29, 1.82) is 0 Å². The van der Waals surface area contributed by atoms with Crippen LogP contribution < -0.4 is 4.90 Å². The molecule has 1 aliphatic rings. The molecule has 146 valence electrons. The summed E-state index contributed by atoms with van der Waals surface area (Å²) in [6, 6.07) is 10.6. The minimum Gasteiger partial charge on any atom is -0.380 e. The van der Waals surface area contributed by atoms with Crippen LogP contribution in [0, 0.1) is 13.8 Å². The highest BCUT2D eigenvalue weighted by atomic mass is 16.5. The molecule has 0 saturated carbocycles. The van der Waals surface area contributed by atoms with Gasteiger partial charge in [0, 0.05) is 38.0 Å². The summed E-state index contributed by atoms with van der Waals surface area (Å²) in [5, 5.41) is 4.47. The Balaban J connectivity index is 1.69. The number of anilines is 1. The molecule has 0 aliphatic carbocycles. The number of nitrogens with zero attached hydrogens (tertiary/aromatic N) is 4. The molecule has 6 nitrogen and oxygen atoms in total. The van der Waals surface area contributed by atoms with Gasteiger partial charge in [0.1, 0.15) is 5.69 Å². The molecule has 2 heterocycles. The Morgan fingerprint density at radius 3 is 2.63 bits per heavy atom. The predicted octanol–water partition coefficient (Wildman–Crippen LogP) is 2.89. The van der Waals surface area contributed by atoms with E-state index < -0.39 is 0 Å². The number of hydrogen-bond acceptors (Lipinski definition) is 4. The van der Waals surface area contributed by atoms with Crippen LogP contribution in [0.4, 0.5) is 5.69 Å². The highest BCUT2D eigenvalue weighted by Crippen LogP contribution is 2.21. The van der Waals surface area contributed by atoms with Crippen LogP contribution in [-0.2, 0) is 11.3 Å². The highest BCUT2D eigenvalue weighted by molar-refractivity contribution is 5.93. The van der Waals surface area contributed by atoms with E-state index in [0.717, 1.165) is 18.8 Å². The van der Waals surface area contributed by atoms with Gasteiger partial charge in [-0.15, -0.1) is 0 Å². The normalized spacial score (nSPS) is 17.4. The summed E-state index contributed by atoms with van der Waals surface area (Å²) in [6.07, 6.45) is 0. The van der Waals surface area contributed by atoms with Crippen LogP contribution in [0.2, 0.25) is 0 Å². The number of rotatable bonds is 6. The van der Waals surface area contributed by atoms with E-state index in [0.29, 0.717) is 32.0 Å². The quantitative estimate of drug-likeness (QED) is 0.734. The number of ether oxygens (including phenoxy) is 1. The molecule has 0 N–H and O–H groups in total. The van der Waals surface area contributed by atoms with Crippen molar-refractivity contribution in [3.05, 3.63) is 47.3 Å². The van der Waals surface area contributed by atoms with E-state index in [1.165, 1.54) is 11.3 Å². The molecular weight excluding hydrogens is 340 g/mol. The fourth-order valence-corrected chi connectivity index (χ4v) is 3.58. The average Bonchev–Trinajstić information content (AvgIpc) is 3.02. The molecule has 1 aromatic heterocycles. The Labute approximate surface area is 161 Å². The van der Waals surface area contributed by atoms with Crippen molar-refractivity contribution in [3.8, 4) is 0 Å². The summed E-state index contributed by atoms with van der Waals surface area (Å²) in [4.78, 5) is 17.5. The number of piperazine rings is 1. The van der Waals surface area contributed by atoms with Crippen molar-refractivity contribution in [3.63, 3.8) is 0 Å². The van der Waals surface area contributed by atoms with Gasteiger partial charge in [-0.2, -0.15) is 5.10 Å². The Morgan fingerprint density at radius 1 is 1.22 bits per heavy atom. The monoisotopic (exact) mass is 370 g/mol. The zero-order chi connectivity index (χ0) is 19.4. The SMILES string of the molecule is CCOCCn1nc(C)cc1C(=O)N1CCN(c2ccc(C)cc2)C[C@@H]1C. The third kappa shape index (κ3) is 4.50. The van der Waals surface area contributed by atoms with Gasteiger partial charge in [-0.05, 0) is 45.9 Å². The molecule has 1 amide bonds. The fraction of sp³-hybridized carbons (Fsp3) is 0.524. The molecule has 2 aromatic rings. The lowest BCUT2D eigenvalue weighted by atomic mass is 10.1. The number of carbonyl (C=O) groups excluding carboxylic acids is 1. The van der Waals surface area contributed by atoms with Gasteiger partial charge in [-0.3, -0.25) is 9.48 Å². The van der Waals surface area contributed by atoms with Gasteiger partial charge < -0.3 is 14.5 Å². The topological polar surface area (TPSA) is 50.6 Å². The average molecular weight is 370 g/mol. The molecule has 6 heteroatoms. The number of aromatic nitrogens is 2. The minimum absolute atomic E-state index is 0.0585. The first-order valence-electron chi connectivity index (χ1n) is 9.74. The van der Waals surface area contributed by atoms with Crippen molar-refractivity contribution < 1.29 is 9.53 Å². The molecule has 0 bridgehead atoms. The van der Waals surface area contributed by atoms with Crippen LogP contribution in [0.5, 0.6) is 0 Å². The molecule has 27 heavy (non-hydrogen) atoms. The zero-order valence-electron chi connectivity index (χ0n) is 16.8.